The minimum Gasteiger partial charge on any atom is -0.598 e. The predicted molar refractivity (Wildman–Crippen MR) is 75.8 cm³/mol. The zero-order chi connectivity index (χ0) is 14.7. The molecule has 106 valence electrons. The van der Waals surface area contributed by atoms with Crippen molar-refractivity contribution in [1.82, 2.24) is 4.72 Å². The van der Waals surface area contributed by atoms with Crippen molar-refractivity contribution in [1.29, 1.82) is 0 Å². The minimum atomic E-state index is -1.78. The van der Waals surface area contributed by atoms with Gasteiger partial charge in [-0.3, -0.25) is 0 Å². The lowest BCUT2D eigenvalue weighted by Crippen LogP contribution is -2.54. The Morgan fingerprint density at radius 2 is 1.79 bits per heavy atom. The van der Waals surface area contributed by atoms with E-state index in [9.17, 15) is 13.7 Å². The fourth-order valence-electron chi connectivity index (χ4n) is 1.54. The number of benzene rings is 1. The molecule has 0 fully saturated rings. The van der Waals surface area contributed by atoms with Gasteiger partial charge in [-0.2, -0.15) is 0 Å². The molecule has 0 aliphatic rings. The lowest BCUT2D eigenvalue weighted by molar-refractivity contribution is -0.114. The fraction of sp³-hybridized carbons (Fsp3) is 0.500. The minimum absolute atomic E-state index is 0.236. The van der Waals surface area contributed by atoms with Crippen LogP contribution in [0.2, 0.25) is 0 Å². The summed E-state index contributed by atoms with van der Waals surface area (Å²) in [7, 11) is 0. The van der Waals surface area contributed by atoms with Crippen LogP contribution < -0.4 is 4.72 Å². The highest BCUT2D eigenvalue weighted by molar-refractivity contribution is 7.90. The second kappa shape index (κ2) is 6.03. The Kier molecular flexibility index (Phi) is 5.12. The Hall–Kier alpha value is -0.910. The van der Waals surface area contributed by atoms with Gasteiger partial charge in [0.1, 0.15) is 10.3 Å². The third kappa shape index (κ3) is 3.78. The molecule has 19 heavy (non-hydrogen) atoms. The molecule has 0 aromatic heterocycles. The number of carbonyl (C=O) groups excluding carboxylic acids is 1. The second-order valence-electron chi connectivity index (χ2n) is 5.59. The number of hydrogen-bond acceptors (Lipinski definition) is 3. The standard InChI is InChI=1S/C14H20FNO2S/c1-13(2,3)19(18)16-14(4,12(15)10-17)11-8-6-5-7-9-11/h5-10,12,16H,1-4H3/t12-,14+,19?/m0/s1. The van der Waals surface area contributed by atoms with E-state index >= 15 is 0 Å². The lowest BCUT2D eigenvalue weighted by atomic mass is 9.89. The van der Waals surface area contributed by atoms with Gasteiger partial charge in [0.05, 0.1) is 0 Å². The van der Waals surface area contributed by atoms with E-state index < -0.39 is 27.8 Å². The van der Waals surface area contributed by atoms with Gasteiger partial charge in [0.25, 0.3) is 0 Å². The van der Waals surface area contributed by atoms with E-state index in [2.05, 4.69) is 4.72 Å². The molecule has 5 heteroatoms. The molecule has 3 nitrogen and oxygen atoms in total. The van der Waals surface area contributed by atoms with E-state index in [1.165, 1.54) is 0 Å². The average Bonchev–Trinajstić information content (AvgIpc) is 2.37. The van der Waals surface area contributed by atoms with Gasteiger partial charge in [-0.25, -0.2) is 4.39 Å². The van der Waals surface area contributed by atoms with Gasteiger partial charge in [0, 0.05) is 11.4 Å². The first kappa shape index (κ1) is 16.1. The Morgan fingerprint density at radius 1 is 1.26 bits per heavy atom. The Morgan fingerprint density at radius 3 is 2.21 bits per heavy atom. The second-order valence-corrected chi connectivity index (χ2v) is 7.56. The van der Waals surface area contributed by atoms with Crippen LogP contribution in [0.15, 0.2) is 30.3 Å². The van der Waals surface area contributed by atoms with Gasteiger partial charge < -0.3 is 9.35 Å². The van der Waals surface area contributed by atoms with Crippen LogP contribution in [0.25, 0.3) is 0 Å². The molecule has 0 saturated carbocycles. The predicted octanol–water partition coefficient (Wildman–Crippen LogP) is 2.49. The monoisotopic (exact) mass is 285 g/mol. The fourth-order valence-corrected chi connectivity index (χ4v) is 2.46. The van der Waals surface area contributed by atoms with Crippen molar-refractivity contribution in [3.05, 3.63) is 35.9 Å². The zero-order valence-corrected chi connectivity index (χ0v) is 12.5. The van der Waals surface area contributed by atoms with E-state index in [1.54, 1.807) is 58.0 Å². The van der Waals surface area contributed by atoms with Crippen molar-refractivity contribution in [2.75, 3.05) is 0 Å². The molecule has 1 N–H and O–H groups in total. The van der Waals surface area contributed by atoms with E-state index in [1.807, 2.05) is 0 Å². The van der Waals surface area contributed by atoms with Crippen molar-refractivity contribution >= 4 is 17.6 Å². The third-order valence-electron chi connectivity index (χ3n) is 2.91. The first-order valence-corrected chi connectivity index (χ1v) is 7.21. The van der Waals surface area contributed by atoms with Crippen LogP contribution in [0.4, 0.5) is 4.39 Å². The highest BCUT2D eigenvalue weighted by atomic mass is 32.2. The van der Waals surface area contributed by atoms with Gasteiger partial charge in [0.2, 0.25) is 0 Å². The number of aldehydes is 1. The molecule has 1 unspecified atom stereocenters. The van der Waals surface area contributed by atoms with Crippen LogP contribution in [0, 0.1) is 0 Å². The van der Waals surface area contributed by atoms with Crippen LogP contribution in [0.3, 0.4) is 0 Å². The third-order valence-corrected chi connectivity index (χ3v) is 4.63. The molecule has 3 atom stereocenters. The highest BCUT2D eigenvalue weighted by Gasteiger charge is 2.43. The topological polar surface area (TPSA) is 52.2 Å². The summed E-state index contributed by atoms with van der Waals surface area (Å²) < 4.78 is 28.5. The summed E-state index contributed by atoms with van der Waals surface area (Å²) in [5, 5.41) is 0. The normalized spacial score (nSPS) is 18.4. The maximum absolute atomic E-state index is 14.0. The van der Waals surface area contributed by atoms with E-state index in [4.69, 9.17) is 0 Å². The smallest absolute Gasteiger partial charge is 0.181 e. The molecule has 0 radical (unpaired) electrons. The number of hydrogen-bond donors (Lipinski definition) is 1. The first-order chi connectivity index (χ1) is 8.71. The van der Waals surface area contributed by atoms with E-state index in [-0.39, 0.29) is 6.29 Å². The summed E-state index contributed by atoms with van der Waals surface area (Å²) in [5.74, 6) is 0. The molecular formula is C14H20FNO2S. The molecule has 0 aliphatic heterocycles. The molecule has 1 rings (SSSR count). The van der Waals surface area contributed by atoms with Crippen LogP contribution in [0.1, 0.15) is 33.3 Å². The Bertz CT molecular complexity index is 421. The van der Waals surface area contributed by atoms with Crippen LogP contribution in [-0.4, -0.2) is 21.8 Å². The molecule has 0 heterocycles. The first-order valence-electron chi connectivity index (χ1n) is 6.06. The molecular weight excluding hydrogens is 265 g/mol. The summed E-state index contributed by atoms with van der Waals surface area (Å²) in [6.45, 7) is 6.91. The molecule has 1 aromatic carbocycles. The summed E-state index contributed by atoms with van der Waals surface area (Å²) in [5.41, 5.74) is -0.714. The van der Waals surface area contributed by atoms with Gasteiger partial charge in [0.15, 0.2) is 12.5 Å². The highest BCUT2D eigenvalue weighted by Crippen LogP contribution is 2.29. The van der Waals surface area contributed by atoms with Gasteiger partial charge in [-0.1, -0.05) is 30.3 Å². The number of carbonyl (C=O) groups is 1. The lowest BCUT2D eigenvalue weighted by Gasteiger charge is -2.35. The van der Waals surface area contributed by atoms with Crippen molar-refractivity contribution in [3.63, 3.8) is 0 Å². The van der Waals surface area contributed by atoms with Crippen LogP contribution >= 0.6 is 0 Å². The maximum atomic E-state index is 14.0. The van der Waals surface area contributed by atoms with E-state index in [0.29, 0.717) is 5.56 Å². The number of alkyl halides is 1. The number of halogens is 1. The molecule has 0 saturated heterocycles. The zero-order valence-electron chi connectivity index (χ0n) is 11.6. The van der Waals surface area contributed by atoms with Crippen molar-refractivity contribution in [3.8, 4) is 0 Å². The summed E-state index contributed by atoms with van der Waals surface area (Å²) in [6.07, 6.45) is -1.54. The van der Waals surface area contributed by atoms with Crippen molar-refractivity contribution < 1.29 is 13.7 Å². The van der Waals surface area contributed by atoms with Gasteiger partial charge in [-0.05, 0) is 33.3 Å². The van der Waals surface area contributed by atoms with Gasteiger partial charge >= 0.3 is 0 Å². The molecule has 0 spiro atoms. The summed E-state index contributed by atoms with van der Waals surface area (Å²) >= 11 is -1.48. The van der Waals surface area contributed by atoms with Crippen molar-refractivity contribution in [2.45, 2.75) is 44.2 Å². The summed E-state index contributed by atoms with van der Waals surface area (Å²) in [6, 6.07) is 8.74. The largest absolute Gasteiger partial charge is 0.598 e. The maximum Gasteiger partial charge on any atom is 0.181 e. The van der Waals surface area contributed by atoms with E-state index in [0.717, 1.165) is 0 Å². The Labute approximate surface area is 116 Å². The average molecular weight is 285 g/mol. The van der Waals surface area contributed by atoms with Crippen LogP contribution in [0.5, 0.6) is 0 Å². The number of rotatable bonds is 5. The SMILES string of the molecule is CC(C)(C)[S+]([O-])N[C@](C)(c1ccccc1)[C@@H](F)C=O. The molecule has 0 aliphatic carbocycles. The Balaban J connectivity index is 3.12. The number of nitrogens with one attached hydrogen (secondary N) is 1. The molecule has 1 aromatic rings. The quantitative estimate of drug-likeness (QED) is 0.668. The van der Waals surface area contributed by atoms with Crippen molar-refractivity contribution in [2.24, 2.45) is 0 Å². The molecule has 0 amide bonds. The molecule has 0 bridgehead atoms. The summed E-state index contributed by atoms with van der Waals surface area (Å²) in [4.78, 5) is 10.8. The van der Waals surface area contributed by atoms with Crippen LogP contribution in [-0.2, 0) is 21.7 Å². The van der Waals surface area contributed by atoms with Gasteiger partial charge in [-0.15, -0.1) is 4.72 Å².